The van der Waals surface area contributed by atoms with Gasteiger partial charge in [0.05, 0.1) is 0 Å². The van der Waals surface area contributed by atoms with Crippen LogP contribution in [0.1, 0.15) is 32.0 Å². The van der Waals surface area contributed by atoms with Crippen LogP contribution in [0, 0.1) is 11.8 Å². The number of H-pyrrole nitrogens is 1. The predicted octanol–water partition coefficient (Wildman–Crippen LogP) is 3.25. The van der Waals surface area contributed by atoms with Gasteiger partial charge in [-0.15, -0.1) is 0 Å². The maximum atomic E-state index is 3.29. The molecule has 0 saturated heterocycles. The standard InChI is InChI=1S/C12H17N/c1-8(2)11-7-12-10(4-5-13-12)6-9(11)3/h4-5,7-9,13H,6H2,1-3H3. The van der Waals surface area contributed by atoms with E-state index in [0.717, 1.165) is 0 Å². The van der Waals surface area contributed by atoms with Gasteiger partial charge in [-0.3, -0.25) is 0 Å². The fourth-order valence-corrected chi connectivity index (χ4v) is 2.22. The van der Waals surface area contributed by atoms with Gasteiger partial charge in [-0.2, -0.15) is 0 Å². The molecule has 1 aromatic rings. The number of hydrogen-bond acceptors (Lipinski definition) is 0. The average molecular weight is 175 g/mol. The molecular weight excluding hydrogens is 158 g/mol. The highest BCUT2D eigenvalue weighted by molar-refractivity contribution is 5.57. The number of nitrogens with one attached hydrogen (secondary N) is 1. The quantitative estimate of drug-likeness (QED) is 0.674. The molecule has 0 spiro atoms. The zero-order valence-corrected chi connectivity index (χ0v) is 8.59. The Morgan fingerprint density at radius 2 is 2.23 bits per heavy atom. The minimum Gasteiger partial charge on any atom is -0.361 e. The Morgan fingerprint density at radius 3 is 2.92 bits per heavy atom. The van der Waals surface area contributed by atoms with Crippen LogP contribution in [-0.4, -0.2) is 4.98 Å². The molecule has 1 nitrogen and oxygen atoms in total. The Balaban J connectivity index is 2.40. The van der Waals surface area contributed by atoms with Crippen LogP contribution in [-0.2, 0) is 6.42 Å². The van der Waals surface area contributed by atoms with Crippen LogP contribution in [0.25, 0.3) is 6.08 Å². The molecule has 2 rings (SSSR count). The van der Waals surface area contributed by atoms with Gasteiger partial charge in [-0.1, -0.05) is 26.3 Å². The van der Waals surface area contributed by atoms with Crippen molar-refractivity contribution in [2.24, 2.45) is 11.8 Å². The summed E-state index contributed by atoms with van der Waals surface area (Å²) in [7, 11) is 0. The van der Waals surface area contributed by atoms with Crippen molar-refractivity contribution in [3.05, 3.63) is 29.1 Å². The Morgan fingerprint density at radius 1 is 1.46 bits per heavy atom. The first-order valence-electron chi connectivity index (χ1n) is 5.06. The molecule has 0 bridgehead atoms. The molecule has 1 aliphatic rings. The second kappa shape index (κ2) is 3.06. The largest absolute Gasteiger partial charge is 0.361 e. The van der Waals surface area contributed by atoms with E-state index in [-0.39, 0.29) is 0 Å². The van der Waals surface area contributed by atoms with Gasteiger partial charge in [0.15, 0.2) is 0 Å². The zero-order valence-electron chi connectivity index (χ0n) is 8.59. The zero-order chi connectivity index (χ0) is 9.42. The SMILES string of the molecule is CC(C)C1=Cc2[nH]ccc2CC1C. The van der Waals surface area contributed by atoms with E-state index in [1.54, 1.807) is 5.57 Å². The van der Waals surface area contributed by atoms with Crippen molar-refractivity contribution in [1.29, 1.82) is 0 Å². The summed E-state index contributed by atoms with van der Waals surface area (Å²) in [6.45, 7) is 6.87. The molecule has 0 radical (unpaired) electrons. The summed E-state index contributed by atoms with van der Waals surface area (Å²) in [5.41, 5.74) is 4.37. The molecule has 0 amide bonds. The van der Waals surface area contributed by atoms with Gasteiger partial charge in [0, 0.05) is 11.9 Å². The number of rotatable bonds is 1. The summed E-state index contributed by atoms with van der Waals surface area (Å²) >= 11 is 0. The van der Waals surface area contributed by atoms with E-state index in [1.165, 1.54) is 17.7 Å². The number of allylic oxidation sites excluding steroid dienone is 1. The lowest BCUT2D eigenvalue weighted by atomic mass is 9.82. The van der Waals surface area contributed by atoms with Crippen LogP contribution >= 0.6 is 0 Å². The first-order valence-corrected chi connectivity index (χ1v) is 5.06. The second-order valence-corrected chi connectivity index (χ2v) is 4.32. The van der Waals surface area contributed by atoms with Crippen molar-refractivity contribution in [2.45, 2.75) is 27.2 Å². The normalized spacial score (nSPS) is 21.5. The summed E-state index contributed by atoms with van der Waals surface area (Å²) in [6.07, 6.45) is 5.56. The molecule has 1 N–H and O–H groups in total. The molecule has 0 saturated carbocycles. The Bertz CT molecular complexity index is 331. The first kappa shape index (κ1) is 8.61. The van der Waals surface area contributed by atoms with E-state index in [0.29, 0.717) is 11.8 Å². The van der Waals surface area contributed by atoms with Gasteiger partial charge in [-0.25, -0.2) is 0 Å². The first-order chi connectivity index (χ1) is 6.18. The highest BCUT2D eigenvalue weighted by Gasteiger charge is 2.19. The van der Waals surface area contributed by atoms with Gasteiger partial charge in [0.2, 0.25) is 0 Å². The maximum absolute atomic E-state index is 3.29. The van der Waals surface area contributed by atoms with Crippen LogP contribution in [0.15, 0.2) is 17.8 Å². The van der Waals surface area contributed by atoms with E-state index < -0.39 is 0 Å². The number of fused-ring (bicyclic) bond motifs is 1. The Labute approximate surface area is 79.9 Å². The molecule has 1 aromatic heterocycles. The van der Waals surface area contributed by atoms with Gasteiger partial charge in [0.1, 0.15) is 0 Å². The summed E-state index contributed by atoms with van der Waals surface area (Å²) in [5, 5.41) is 0. The fraction of sp³-hybridized carbons (Fsp3) is 0.500. The van der Waals surface area contributed by atoms with Crippen molar-refractivity contribution in [3.8, 4) is 0 Å². The number of hydrogen-bond donors (Lipinski definition) is 1. The lowest BCUT2D eigenvalue weighted by molar-refractivity contribution is 0.579. The van der Waals surface area contributed by atoms with E-state index in [4.69, 9.17) is 0 Å². The molecule has 0 aliphatic heterocycles. The smallest absolute Gasteiger partial charge is 0.0412 e. The molecule has 1 aliphatic carbocycles. The van der Waals surface area contributed by atoms with Gasteiger partial charge < -0.3 is 4.98 Å². The Hall–Kier alpha value is -0.980. The third-order valence-corrected chi connectivity index (χ3v) is 2.94. The number of aromatic nitrogens is 1. The maximum Gasteiger partial charge on any atom is 0.0412 e. The number of aromatic amines is 1. The molecule has 1 atom stereocenters. The second-order valence-electron chi connectivity index (χ2n) is 4.32. The van der Waals surface area contributed by atoms with Gasteiger partial charge in [-0.05, 0) is 36.0 Å². The van der Waals surface area contributed by atoms with Crippen molar-refractivity contribution in [2.75, 3.05) is 0 Å². The molecular formula is C12H17N. The summed E-state index contributed by atoms with van der Waals surface area (Å²) in [6, 6.07) is 2.19. The minimum atomic E-state index is 0.673. The van der Waals surface area contributed by atoms with E-state index in [9.17, 15) is 0 Å². The van der Waals surface area contributed by atoms with Gasteiger partial charge >= 0.3 is 0 Å². The topological polar surface area (TPSA) is 15.8 Å². The van der Waals surface area contributed by atoms with Crippen LogP contribution in [0.2, 0.25) is 0 Å². The van der Waals surface area contributed by atoms with Crippen molar-refractivity contribution in [3.63, 3.8) is 0 Å². The molecule has 1 heteroatoms. The lowest BCUT2D eigenvalue weighted by Crippen LogP contribution is -2.12. The van der Waals surface area contributed by atoms with Crippen molar-refractivity contribution < 1.29 is 0 Å². The Kier molecular flexibility index (Phi) is 2.03. The van der Waals surface area contributed by atoms with E-state index in [2.05, 4.69) is 37.9 Å². The van der Waals surface area contributed by atoms with Crippen molar-refractivity contribution in [1.82, 2.24) is 4.98 Å². The highest BCUT2D eigenvalue weighted by Crippen LogP contribution is 2.31. The van der Waals surface area contributed by atoms with Crippen LogP contribution < -0.4 is 0 Å². The molecule has 0 fully saturated rings. The molecule has 0 aromatic carbocycles. The molecule has 13 heavy (non-hydrogen) atoms. The summed E-state index contributed by atoms with van der Waals surface area (Å²) in [5.74, 6) is 1.38. The van der Waals surface area contributed by atoms with E-state index in [1.807, 2.05) is 6.20 Å². The minimum absolute atomic E-state index is 0.673. The van der Waals surface area contributed by atoms with Crippen LogP contribution in [0.4, 0.5) is 0 Å². The monoisotopic (exact) mass is 175 g/mol. The van der Waals surface area contributed by atoms with Gasteiger partial charge in [0.25, 0.3) is 0 Å². The third kappa shape index (κ3) is 1.43. The average Bonchev–Trinajstić information content (AvgIpc) is 2.48. The lowest BCUT2D eigenvalue weighted by Gasteiger charge is -2.23. The third-order valence-electron chi connectivity index (χ3n) is 2.94. The molecule has 1 heterocycles. The molecule has 70 valence electrons. The van der Waals surface area contributed by atoms with Crippen LogP contribution in [0.5, 0.6) is 0 Å². The summed E-state index contributed by atoms with van der Waals surface area (Å²) in [4.78, 5) is 3.29. The van der Waals surface area contributed by atoms with E-state index >= 15 is 0 Å². The fourth-order valence-electron chi connectivity index (χ4n) is 2.22. The van der Waals surface area contributed by atoms with Crippen molar-refractivity contribution >= 4 is 6.08 Å². The summed E-state index contributed by atoms with van der Waals surface area (Å²) < 4.78 is 0. The predicted molar refractivity (Wildman–Crippen MR) is 56.5 cm³/mol. The highest BCUT2D eigenvalue weighted by atomic mass is 14.7. The molecule has 1 unspecified atom stereocenters. The van der Waals surface area contributed by atoms with Crippen LogP contribution in [0.3, 0.4) is 0 Å².